The molecule has 0 bridgehead atoms. The van der Waals surface area contributed by atoms with Gasteiger partial charge in [0.1, 0.15) is 5.03 Å². The quantitative estimate of drug-likeness (QED) is 0.503. The lowest BCUT2D eigenvalue weighted by Crippen LogP contribution is -2.05. The van der Waals surface area contributed by atoms with E-state index in [-0.39, 0.29) is 12.4 Å². The smallest absolute Gasteiger partial charge is 0.417 e. The topological polar surface area (TPSA) is 42.4 Å². The molecular weight excluding hydrogens is 267 g/mol. The van der Waals surface area contributed by atoms with Crippen molar-refractivity contribution in [1.82, 2.24) is 4.98 Å². The number of allylic oxidation sites excluding steroid dienone is 1. The summed E-state index contributed by atoms with van der Waals surface area (Å²) in [4.78, 5) is 3.62. The Bertz CT molecular complexity index is 404. The highest BCUT2D eigenvalue weighted by Crippen LogP contribution is 2.29. The molecule has 1 aromatic heterocycles. The first-order valence-corrected chi connectivity index (χ1v) is 5.88. The van der Waals surface area contributed by atoms with E-state index in [2.05, 4.69) is 4.98 Å². The van der Waals surface area contributed by atoms with Gasteiger partial charge in [-0.2, -0.15) is 13.2 Å². The number of alkyl halides is 3. The van der Waals surface area contributed by atoms with E-state index in [9.17, 15) is 13.2 Å². The zero-order valence-corrected chi connectivity index (χ0v) is 10.4. The van der Waals surface area contributed by atoms with E-state index in [0.717, 1.165) is 24.3 Å². The second-order valence-corrected chi connectivity index (χ2v) is 4.12. The fourth-order valence-electron chi connectivity index (χ4n) is 0.966. The van der Waals surface area contributed by atoms with Gasteiger partial charge < -0.3 is 9.29 Å². The van der Waals surface area contributed by atoms with Gasteiger partial charge in [-0.05, 0) is 18.2 Å². The summed E-state index contributed by atoms with van der Waals surface area (Å²) in [5, 5.41) is 9.44. The van der Waals surface area contributed by atoms with Gasteiger partial charge in [0.25, 0.3) is 0 Å². The second-order valence-electron chi connectivity index (χ2n) is 3.30. The van der Waals surface area contributed by atoms with Crippen molar-refractivity contribution in [1.29, 1.82) is 0 Å². The highest BCUT2D eigenvalue weighted by Gasteiger charge is 2.30. The molecule has 0 spiro atoms. The summed E-state index contributed by atoms with van der Waals surface area (Å²) in [6, 6.07) is 2.18. The van der Waals surface area contributed by atoms with Crippen LogP contribution in [0.4, 0.5) is 13.2 Å². The molecule has 1 heterocycles. The van der Waals surface area contributed by atoms with Gasteiger partial charge in [0, 0.05) is 24.7 Å². The molecule has 7 heteroatoms. The minimum absolute atomic E-state index is 0.160. The third-order valence-corrected chi connectivity index (χ3v) is 2.62. The normalized spacial score (nSPS) is 12.8. The molecule has 0 atom stereocenters. The lowest BCUT2D eigenvalue weighted by Gasteiger charge is -2.06. The number of aromatic nitrogens is 1. The number of hydrogen-bond acceptors (Lipinski definition) is 4. The van der Waals surface area contributed by atoms with Crippen molar-refractivity contribution >= 4 is 12.0 Å². The molecule has 0 radical (unpaired) electrons. The van der Waals surface area contributed by atoms with Gasteiger partial charge in [-0.3, -0.25) is 0 Å². The number of halogens is 3. The van der Waals surface area contributed by atoms with Crippen LogP contribution >= 0.6 is 12.0 Å². The highest BCUT2D eigenvalue weighted by molar-refractivity contribution is 7.94. The van der Waals surface area contributed by atoms with Crippen LogP contribution in [0.2, 0.25) is 0 Å². The zero-order valence-electron chi connectivity index (χ0n) is 9.57. The first-order chi connectivity index (χ1) is 8.43. The standard InChI is InChI=1S/C11H12F3NO2S/c1-2-9(16)5-6-17-18-10-4-3-8(7-15-10)11(12,13)14/h3-5,7,16H,2,6H2,1H3/b9-5+. The van der Waals surface area contributed by atoms with E-state index in [0.29, 0.717) is 11.4 Å². The van der Waals surface area contributed by atoms with Crippen molar-refractivity contribution in [3.05, 3.63) is 35.7 Å². The third kappa shape index (κ3) is 4.97. The number of aliphatic hydroxyl groups excluding tert-OH is 1. The summed E-state index contributed by atoms with van der Waals surface area (Å²) >= 11 is 0.858. The number of hydrogen-bond donors (Lipinski definition) is 1. The van der Waals surface area contributed by atoms with E-state index in [1.807, 2.05) is 0 Å². The molecule has 100 valence electrons. The summed E-state index contributed by atoms with van der Waals surface area (Å²) in [5.41, 5.74) is -0.796. The molecule has 1 rings (SSSR count). The molecule has 0 aliphatic rings. The molecule has 0 saturated carbocycles. The summed E-state index contributed by atoms with van der Waals surface area (Å²) in [6.07, 6.45) is -1.64. The van der Waals surface area contributed by atoms with Gasteiger partial charge in [-0.1, -0.05) is 6.92 Å². The Morgan fingerprint density at radius 1 is 1.50 bits per heavy atom. The van der Waals surface area contributed by atoms with Gasteiger partial charge in [0.05, 0.1) is 17.9 Å². The average Bonchev–Trinajstić information content (AvgIpc) is 2.33. The van der Waals surface area contributed by atoms with Crippen LogP contribution in [0.15, 0.2) is 35.2 Å². The Balaban J connectivity index is 2.45. The summed E-state index contributed by atoms with van der Waals surface area (Å²) in [6.45, 7) is 1.95. The summed E-state index contributed by atoms with van der Waals surface area (Å²) < 4.78 is 41.8. The van der Waals surface area contributed by atoms with E-state index in [1.165, 1.54) is 12.1 Å². The lowest BCUT2D eigenvalue weighted by atomic mass is 10.3. The Labute approximate surface area is 107 Å². The number of rotatable bonds is 5. The first-order valence-electron chi connectivity index (χ1n) is 5.14. The Kier molecular flexibility index (Phi) is 5.49. The lowest BCUT2D eigenvalue weighted by molar-refractivity contribution is -0.137. The Hall–Kier alpha value is -1.21. The van der Waals surface area contributed by atoms with Gasteiger partial charge in [-0.25, -0.2) is 4.98 Å². The van der Waals surface area contributed by atoms with Crippen LogP contribution < -0.4 is 0 Å². The SMILES string of the molecule is CC/C(O)=C\COSc1ccc(C(F)(F)F)cn1. The van der Waals surface area contributed by atoms with Crippen molar-refractivity contribution in [2.75, 3.05) is 6.61 Å². The van der Waals surface area contributed by atoms with Gasteiger partial charge in [0.15, 0.2) is 0 Å². The third-order valence-electron chi connectivity index (χ3n) is 1.96. The molecule has 0 amide bonds. The highest BCUT2D eigenvalue weighted by atomic mass is 32.2. The van der Waals surface area contributed by atoms with Gasteiger partial charge in [-0.15, -0.1) is 0 Å². The first kappa shape index (κ1) is 14.8. The molecule has 0 unspecified atom stereocenters. The van der Waals surface area contributed by atoms with Crippen LogP contribution in [-0.4, -0.2) is 16.7 Å². The monoisotopic (exact) mass is 279 g/mol. The minimum atomic E-state index is -4.38. The average molecular weight is 279 g/mol. The van der Waals surface area contributed by atoms with E-state index in [4.69, 9.17) is 9.29 Å². The van der Waals surface area contributed by atoms with Crippen LogP contribution in [0.3, 0.4) is 0 Å². The van der Waals surface area contributed by atoms with Crippen molar-refractivity contribution < 1.29 is 22.5 Å². The van der Waals surface area contributed by atoms with Gasteiger partial charge in [0.2, 0.25) is 0 Å². The number of aliphatic hydroxyl groups is 1. The molecule has 0 saturated heterocycles. The van der Waals surface area contributed by atoms with Gasteiger partial charge >= 0.3 is 6.18 Å². The molecule has 0 aliphatic carbocycles. The molecule has 18 heavy (non-hydrogen) atoms. The summed E-state index contributed by atoms with van der Waals surface area (Å²) in [7, 11) is 0. The Morgan fingerprint density at radius 3 is 2.72 bits per heavy atom. The van der Waals surface area contributed by atoms with E-state index in [1.54, 1.807) is 6.92 Å². The predicted octanol–water partition coefficient (Wildman–Crippen LogP) is 3.98. The molecule has 0 aromatic carbocycles. The van der Waals surface area contributed by atoms with E-state index < -0.39 is 11.7 Å². The van der Waals surface area contributed by atoms with Crippen LogP contribution in [0.25, 0.3) is 0 Å². The molecular formula is C11H12F3NO2S. The van der Waals surface area contributed by atoms with Crippen LogP contribution in [-0.2, 0) is 10.4 Å². The maximum Gasteiger partial charge on any atom is 0.417 e. The second kappa shape index (κ2) is 6.65. The fourth-order valence-corrected chi connectivity index (χ4v) is 1.44. The fraction of sp³-hybridized carbons (Fsp3) is 0.364. The van der Waals surface area contributed by atoms with E-state index >= 15 is 0 Å². The zero-order chi connectivity index (χ0) is 13.6. The number of nitrogens with zero attached hydrogens (tertiary/aromatic N) is 1. The van der Waals surface area contributed by atoms with Crippen molar-refractivity contribution in [2.24, 2.45) is 0 Å². The number of pyridine rings is 1. The maximum atomic E-state index is 12.2. The van der Waals surface area contributed by atoms with Crippen LogP contribution in [0.1, 0.15) is 18.9 Å². The molecule has 1 aromatic rings. The minimum Gasteiger partial charge on any atom is -0.513 e. The molecule has 3 nitrogen and oxygen atoms in total. The van der Waals surface area contributed by atoms with Crippen LogP contribution in [0.5, 0.6) is 0 Å². The van der Waals surface area contributed by atoms with Crippen molar-refractivity contribution in [3.63, 3.8) is 0 Å². The maximum absolute atomic E-state index is 12.2. The summed E-state index contributed by atoms with van der Waals surface area (Å²) in [5.74, 6) is 0.205. The van der Waals surface area contributed by atoms with Crippen LogP contribution in [0, 0.1) is 0 Å². The molecule has 0 aliphatic heterocycles. The van der Waals surface area contributed by atoms with Crippen molar-refractivity contribution in [2.45, 2.75) is 24.5 Å². The molecule has 0 fully saturated rings. The largest absolute Gasteiger partial charge is 0.513 e. The molecule has 1 N–H and O–H groups in total. The Morgan fingerprint density at radius 2 is 2.22 bits per heavy atom. The predicted molar refractivity (Wildman–Crippen MR) is 62.1 cm³/mol. The van der Waals surface area contributed by atoms with Crippen molar-refractivity contribution in [3.8, 4) is 0 Å².